The Kier molecular flexibility index (Phi) is 18.4. The molecular formula is C37H53N3O9. The number of hydrogen-bond donors (Lipinski definition) is 7. The summed E-state index contributed by atoms with van der Waals surface area (Å²) in [4.78, 5) is 48.7. The molecule has 0 aromatic heterocycles. The van der Waals surface area contributed by atoms with E-state index < -0.39 is 29.7 Å². The summed E-state index contributed by atoms with van der Waals surface area (Å²) in [5.74, 6) is -1.92. The monoisotopic (exact) mass is 683 g/mol. The molecule has 1 heterocycles. The molecule has 270 valence electrons. The van der Waals surface area contributed by atoms with Gasteiger partial charge in [0.2, 0.25) is 11.6 Å². The highest BCUT2D eigenvalue weighted by atomic mass is 16.5. The molecule has 0 saturated carbocycles. The van der Waals surface area contributed by atoms with Gasteiger partial charge < -0.3 is 41.5 Å². The Bertz CT molecular complexity index is 1470. The number of ketones is 2. The summed E-state index contributed by atoms with van der Waals surface area (Å²) in [6, 6.07) is 4.50. The molecule has 0 fully saturated rings. The number of phenols is 2. The number of primary amides is 1. The van der Waals surface area contributed by atoms with Crippen molar-refractivity contribution in [1.82, 2.24) is 10.6 Å². The van der Waals surface area contributed by atoms with Gasteiger partial charge >= 0.3 is 6.09 Å². The molecule has 12 nitrogen and oxygen atoms in total. The Morgan fingerprint density at radius 3 is 2.33 bits per heavy atom. The summed E-state index contributed by atoms with van der Waals surface area (Å²) in [7, 11) is 1.62. The maximum atomic E-state index is 13.7. The Morgan fingerprint density at radius 2 is 1.71 bits per heavy atom. The second-order valence-electron chi connectivity index (χ2n) is 11.9. The molecule has 4 atom stereocenters. The third kappa shape index (κ3) is 14.5. The van der Waals surface area contributed by atoms with Crippen LogP contribution in [-0.2, 0) is 25.5 Å². The first-order valence-electron chi connectivity index (χ1n) is 16.4. The fourth-order valence-corrected chi connectivity index (χ4v) is 5.20. The molecule has 3 rings (SSSR count). The minimum atomic E-state index is -1.33. The third-order valence-corrected chi connectivity index (χ3v) is 7.86. The number of fused-ring (bicyclic) bond motifs is 2. The quantitative estimate of drug-likeness (QED) is 0.126. The highest BCUT2D eigenvalue weighted by Gasteiger charge is 2.31. The number of nitrogens with one attached hydrogen (secondary N) is 2. The van der Waals surface area contributed by atoms with Crippen molar-refractivity contribution in [3.63, 3.8) is 0 Å². The van der Waals surface area contributed by atoms with Crippen LogP contribution in [0.5, 0.6) is 11.5 Å². The first-order chi connectivity index (χ1) is 23.1. The van der Waals surface area contributed by atoms with Gasteiger partial charge in [-0.2, -0.15) is 0 Å². The van der Waals surface area contributed by atoms with Gasteiger partial charge in [-0.15, -0.1) is 0 Å². The maximum Gasteiger partial charge on any atom is 0.402 e. The zero-order valence-corrected chi connectivity index (χ0v) is 29.6. The number of allylic oxidation sites excluding steroid dienone is 4. The van der Waals surface area contributed by atoms with E-state index in [-0.39, 0.29) is 52.8 Å². The molecule has 2 aliphatic rings. The topological polar surface area (TPSA) is 209 Å². The van der Waals surface area contributed by atoms with Crippen molar-refractivity contribution in [2.45, 2.75) is 85.9 Å². The molecule has 0 radical (unpaired) electrons. The molecule has 4 unspecified atom stereocenters. The van der Waals surface area contributed by atoms with Crippen molar-refractivity contribution in [3.05, 3.63) is 82.3 Å². The number of phenolic OH excluding ortho intramolecular Hbond substituents is 2. The molecule has 1 aromatic rings. The zero-order chi connectivity index (χ0) is 37.3. The summed E-state index contributed by atoms with van der Waals surface area (Å²) < 4.78 is 5.57. The minimum absolute atomic E-state index is 0.0367. The molecule has 8 N–H and O–H groups in total. The summed E-state index contributed by atoms with van der Waals surface area (Å²) >= 11 is 0. The van der Waals surface area contributed by atoms with E-state index in [1.807, 2.05) is 40.7 Å². The molecule has 1 aliphatic carbocycles. The number of nitrogens with two attached hydrogens (primary N) is 1. The summed E-state index contributed by atoms with van der Waals surface area (Å²) in [5, 5.41) is 43.2. The smallest absolute Gasteiger partial charge is 0.402 e. The van der Waals surface area contributed by atoms with Crippen molar-refractivity contribution in [2.24, 2.45) is 17.6 Å². The number of aliphatic hydroxyl groups is 1. The number of carboxylic acid groups (broad SMARTS) is 1. The van der Waals surface area contributed by atoms with Crippen LogP contribution in [-0.4, -0.2) is 69.9 Å². The lowest BCUT2D eigenvalue weighted by Crippen LogP contribution is -2.36. The predicted octanol–water partition coefficient (Wildman–Crippen LogP) is 4.96. The zero-order valence-electron chi connectivity index (χ0n) is 29.6. The fraction of sp³-hybridized carbons (Fsp3) is 0.459. The van der Waals surface area contributed by atoms with Gasteiger partial charge in [0.1, 0.15) is 0 Å². The summed E-state index contributed by atoms with van der Waals surface area (Å²) in [5.41, 5.74) is 6.58. The van der Waals surface area contributed by atoms with Crippen LogP contribution in [0.15, 0.2) is 76.7 Å². The number of rotatable bonds is 5. The Balaban J connectivity index is 0.00000186. The van der Waals surface area contributed by atoms with Crippen LogP contribution >= 0.6 is 0 Å². The highest BCUT2D eigenvalue weighted by Crippen LogP contribution is 2.28. The van der Waals surface area contributed by atoms with Gasteiger partial charge in [0.15, 0.2) is 11.5 Å². The van der Waals surface area contributed by atoms with Crippen molar-refractivity contribution >= 4 is 23.6 Å². The first-order valence-corrected chi connectivity index (χ1v) is 16.4. The number of ether oxygens (including phenoxy) is 1. The molecular weight excluding hydrogens is 630 g/mol. The van der Waals surface area contributed by atoms with E-state index in [4.69, 9.17) is 14.6 Å². The second kappa shape index (κ2) is 21.3. The van der Waals surface area contributed by atoms with Gasteiger partial charge in [-0.05, 0) is 69.6 Å². The average molecular weight is 684 g/mol. The Morgan fingerprint density at radius 1 is 1.06 bits per heavy atom. The molecule has 2 bridgehead atoms. The predicted molar refractivity (Wildman–Crippen MR) is 189 cm³/mol. The largest absolute Gasteiger partial charge is 0.504 e. The molecule has 49 heavy (non-hydrogen) atoms. The van der Waals surface area contributed by atoms with E-state index in [0.29, 0.717) is 37.8 Å². The van der Waals surface area contributed by atoms with E-state index in [9.17, 15) is 29.7 Å². The van der Waals surface area contributed by atoms with E-state index in [0.717, 1.165) is 17.2 Å². The Labute approximate surface area is 289 Å². The average Bonchev–Trinajstić information content (AvgIpc) is 3.04. The summed E-state index contributed by atoms with van der Waals surface area (Å²) in [6.07, 6.45) is 8.77. The van der Waals surface area contributed by atoms with Crippen molar-refractivity contribution in [2.75, 3.05) is 13.7 Å². The second-order valence-corrected chi connectivity index (χ2v) is 11.9. The molecule has 1 aliphatic heterocycles. The number of aromatic hydroxyl groups is 2. The molecule has 0 saturated heterocycles. The van der Waals surface area contributed by atoms with Gasteiger partial charge in [0.25, 0.3) is 5.91 Å². The standard InChI is InChI=1S/C34H44N2O7.C2H6.CH3NO2/c1-20-9-11-28(37)23(4)15-21(2)16-25(43-5)8-6-7-22(3)34(42)36-27-19-31(40)32(26(17-20)33(27)41)35-14-13-24-10-12-29(38)30(39)18-24;1-2;2-1(3)4/h6-8,10,12,15,18-20,23,25,28,35,37-39H,9,11,13-14,16-17H2,1-5H3,(H,36,42);1-2H3;2H2,(H,3,4)/b8-6-,21-15+,22-7+;;. The summed E-state index contributed by atoms with van der Waals surface area (Å²) in [6.45, 7) is 11.9. The molecule has 12 heteroatoms. The lowest BCUT2D eigenvalue weighted by atomic mass is 9.86. The van der Waals surface area contributed by atoms with E-state index in [1.54, 1.807) is 32.3 Å². The van der Waals surface area contributed by atoms with E-state index >= 15 is 0 Å². The van der Waals surface area contributed by atoms with Crippen LogP contribution < -0.4 is 16.4 Å². The van der Waals surface area contributed by atoms with Crippen LogP contribution in [0.1, 0.15) is 72.8 Å². The minimum Gasteiger partial charge on any atom is -0.504 e. The lowest BCUT2D eigenvalue weighted by Gasteiger charge is -2.24. The number of methoxy groups -OCH3 is 1. The number of carbonyl (C=O) groups is 4. The van der Waals surface area contributed by atoms with Gasteiger partial charge in [-0.3, -0.25) is 14.4 Å². The van der Waals surface area contributed by atoms with Crippen LogP contribution in [0.25, 0.3) is 0 Å². The number of aliphatic hydroxyl groups excluding tert-OH is 1. The number of amides is 2. The molecule has 1 aromatic carbocycles. The number of hydrogen-bond acceptors (Lipinski definition) is 9. The maximum absolute atomic E-state index is 13.7. The van der Waals surface area contributed by atoms with Crippen LogP contribution in [0, 0.1) is 11.8 Å². The Hall–Kier alpha value is -4.68. The van der Waals surface area contributed by atoms with Gasteiger partial charge in [-0.25, -0.2) is 4.79 Å². The van der Waals surface area contributed by atoms with Gasteiger partial charge in [0.05, 0.1) is 23.6 Å². The van der Waals surface area contributed by atoms with E-state index in [1.165, 1.54) is 12.1 Å². The normalized spacial score (nSPS) is 25.1. The molecule has 0 spiro atoms. The van der Waals surface area contributed by atoms with Gasteiger partial charge in [-0.1, -0.05) is 63.6 Å². The number of Topliss-reactive ketones (excluding diaryl/α,β-unsaturated/α-hetero) is 1. The lowest BCUT2D eigenvalue weighted by molar-refractivity contribution is -0.120. The highest BCUT2D eigenvalue weighted by molar-refractivity contribution is 6.23. The van der Waals surface area contributed by atoms with Crippen LogP contribution in [0.4, 0.5) is 4.79 Å². The SMILES string of the molecule is CC.COC1/C=C\C=C(/C)C(=O)NC2=CC(=O)C(NCCc3ccc(O)c(O)c3)=C(CC(C)CCC(O)C(C)/C=C(\C)C1)C2=O.NC(=O)O. The van der Waals surface area contributed by atoms with Crippen LogP contribution in [0.3, 0.4) is 0 Å². The van der Waals surface area contributed by atoms with Crippen molar-refractivity contribution < 1.29 is 44.3 Å². The third-order valence-electron chi connectivity index (χ3n) is 7.86. The first kappa shape index (κ1) is 42.3. The van der Waals surface area contributed by atoms with Crippen molar-refractivity contribution in [3.8, 4) is 11.5 Å². The fourth-order valence-electron chi connectivity index (χ4n) is 5.20. The molecule has 2 amide bonds. The number of benzene rings is 1. The van der Waals surface area contributed by atoms with Crippen LogP contribution in [0.2, 0.25) is 0 Å². The van der Waals surface area contributed by atoms with E-state index in [2.05, 4.69) is 22.4 Å². The number of carbonyl (C=O) groups excluding carboxylic acids is 3. The van der Waals surface area contributed by atoms with Crippen molar-refractivity contribution in [1.29, 1.82) is 0 Å². The van der Waals surface area contributed by atoms with Gasteiger partial charge in [0, 0.05) is 36.8 Å².